The maximum absolute atomic E-state index is 12.0. The van der Waals surface area contributed by atoms with Crippen LogP contribution in [0.2, 0.25) is 0 Å². The largest absolute Gasteiger partial charge is 0.439 e. The van der Waals surface area contributed by atoms with Crippen molar-refractivity contribution in [2.75, 3.05) is 11.9 Å². The van der Waals surface area contributed by atoms with Crippen LogP contribution >= 0.6 is 0 Å². The molecule has 0 fully saturated rings. The summed E-state index contributed by atoms with van der Waals surface area (Å²) in [6.07, 6.45) is 1.52. The fraction of sp³-hybridized carbons (Fsp3) is 0.174. The lowest BCUT2D eigenvalue weighted by Crippen LogP contribution is -2.19. The van der Waals surface area contributed by atoms with Gasteiger partial charge in [0, 0.05) is 23.5 Å². The van der Waals surface area contributed by atoms with Crippen molar-refractivity contribution in [3.05, 3.63) is 84.1 Å². The molecule has 3 N–H and O–H groups in total. The number of carbonyl (C=O) groups excluding carboxylic acids is 1. The van der Waals surface area contributed by atoms with E-state index in [-0.39, 0.29) is 18.3 Å². The van der Waals surface area contributed by atoms with Crippen molar-refractivity contribution in [1.82, 2.24) is 4.98 Å². The first-order valence-corrected chi connectivity index (χ1v) is 9.56. The molecule has 0 aliphatic carbocycles. The van der Waals surface area contributed by atoms with Crippen LogP contribution in [0.25, 0.3) is 0 Å². The van der Waals surface area contributed by atoms with E-state index in [2.05, 4.69) is 29.3 Å². The van der Waals surface area contributed by atoms with Crippen molar-refractivity contribution in [1.29, 1.82) is 0 Å². The summed E-state index contributed by atoms with van der Waals surface area (Å²) in [6.45, 7) is 3.97. The molecule has 1 heterocycles. The maximum Gasteiger partial charge on any atom is 0.265 e. The van der Waals surface area contributed by atoms with E-state index in [0.29, 0.717) is 28.8 Å². The number of carbonyl (C=O) groups is 1. The topological polar surface area (TPSA) is 98.8 Å². The number of amidine groups is 1. The number of para-hydroxylation sites is 1. The highest BCUT2D eigenvalue weighted by atomic mass is 16.6. The molecule has 3 rings (SSSR count). The van der Waals surface area contributed by atoms with Crippen LogP contribution in [0.3, 0.4) is 0 Å². The number of hydrogen-bond donors (Lipinski definition) is 2. The molecule has 2 aromatic carbocycles. The van der Waals surface area contributed by atoms with Gasteiger partial charge < -0.3 is 20.6 Å². The van der Waals surface area contributed by atoms with Crippen LogP contribution in [-0.4, -0.2) is 23.3 Å². The molecule has 7 nitrogen and oxygen atoms in total. The predicted molar refractivity (Wildman–Crippen MR) is 117 cm³/mol. The second-order valence-electron chi connectivity index (χ2n) is 6.88. The Balaban J connectivity index is 1.49. The number of anilines is 1. The summed E-state index contributed by atoms with van der Waals surface area (Å²) in [5.41, 5.74) is 8.35. The standard InChI is InChI=1S/C23H24N4O3/c1-16(2)17-8-11-19(12-9-17)26-21(28)15-29-27-23(24)18-10-13-22(25-14-18)30-20-6-4-3-5-7-20/h3-14,16H,15H2,1-2H3,(H2,24,27)(H,26,28). The van der Waals surface area contributed by atoms with Gasteiger partial charge in [-0.25, -0.2) is 4.98 Å². The van der Waals surface area contributed by atoms with Gasteiger partial charge in [-0.3, -0.25) is 4.79 Å². The molecular formula is C23H24N4O3. The zero-order valence-electron chi connectivity index (χ0n) is 16.9. The highest BCUT2D eigenvalue weighted by molar-refractivity contribution is 5.97. The van der Waals surface area contributed by atoms with Crippen molar-refractivity contribution >= 4 is 17.4 Å². The van der Waals surface area contributed by atoms with Gasteiger partial charge in [0.05, 0.1) is 0 Å². The molecule has 0 bridgehead atoms. The molecule has 0 spiro atoms. The molecule has 7 heteroatoms. The summed E-state index contributed by atoms with van der Waals surface area (Å²) in [7, 11) is 0. The Kier molecular flexibility index (Phi) is 7.00. The number of nitrogens with one attached hydrogen (secondary N) is 1. The van der Waals surface area contributed by atoms with Gasteiger partial charge in [0.15, 0.2) is 12.4 Å². The number of nitrogens with zero attached hydrogens (tertiary/aromatic N) is 2. The minimum atomic E-state index is -0.325. The number of aromatic nitrogens is 1. The van der Waals surface area contributed by atoms with E-state index in [1.807, 2.05) is 54.6 Å². The lowest BCUT2D eigenvalue weighted by molar-refractivity contribution is -0.120. The molecule has 0 atom stereocenters. The Hall–Kier alpha value is -3.87. The number of ether oxygens (including phenoxy) is 1. The summed E-state index contributed by atoms with van der Waals surface area (Å²) < 4.78 is 5.63. The van der Waals surface area contributed by atoms with Gasteiger partial charge in [0.2, 0.25) is 5.88 Å². The Morgan fingerprint density at radius 1 is 1.07 bits per heavy atom. The van der Waals surface area contributed by atoms with E-state index in [4.69, 9.17) is 15.3 Å². The zero-order chi connectivity index (χ0) is 21.3. The Morgan fingerprint density at radius 2 is 1.80 bits per heavy atom. The van der Waals surface area contributed by atoms with Gasteiger partial charge in [-0.05, 0) is 41.8 Å². The molecule has 154 valence electrons. The van der Waals surface area contributed by atoms with Crippen molar-refractivity contribution < 1.29 is 14.4 Å². The lowest BCUT2D eigenvalue weighted by atomic mass is 10.0. The number of hydrogen-bond acceptors (Lipinski definition) is 5. The number of rotatable bonds is 8. The number of amides is 1. The van der Waals surface area contributed by atoms with E-state index in [1.54, 1.807) is 12.1 Å². The molecule has 0 aliphatic rings. The molecule has 0 radical (unpaired) electrons. The van der Waals surface area contributed by atoms with Crippen LogP contribution in [0.1, 0.15) is 30.9 Å². The molecule has 0 unspecified atom stereocenters. The summed E-state index contributed by atoms with van der Waals surface area (Å²) >= 11 is 0. The Morgan fingerprint density at radius 3 is 2.43 bits per heavy atom. The molecule has 3 aromatic rings. The maximum atomic E-state index is 12.0. The molecule has 0 saturated carbocycles. The van der Waals surface area contributed by atoms with Crippen LogP contribution in [0.15, 0.2) is 78.1 Å². The smallest absolute Gasteiger partial charge is 0.265 e. The molecule has 0 saturated heterocycles. The second-order valence-corrected chi connectivity index (χ2v) is 6.88. The molecule has 0 aliphatic heterocycles. The van der Waals surface area contributed by atoms with Crippen molar-refractivity contribution in [3.63, 3.8) is 0 Å². The fourth-order valence-electron chi connectivity index (χ4n) is 2.56. The molecule has 1 aromatic heterocycles. The summed E-state index contributed by atoms with van der Waals surface area (Å²) in [6, 6.07) is 20.4. The Labute approximate surface area is 175 Å². The monoisotopic (exact) mass is 404 g/mol. The van der Waals surface area contributed by atoms with Gasteiger partial charge in [-0.2, -0.15) is 0 Å². The van der Waals surface area contributed by atoms with E-state index < -0.39 is 0 Å². The van der Waals surface area contributed by atoms with Gasteiger partial charge in [-0.1, -0.05) is 49.3 Å². The average Bonchev–Trinajstić information content (AvgIpc) is 2.75. The van der Waals surface area contributed by atoms with E-state index in [1.165, 1.54) is 11.8 Å². The quantitative estimate of drug-likeness (QED) is 0.332. The summed E-state index contributed by atoms with van der Waals surface area (Å²) in [5, 5.41) is 6.53. The van der Waals surface area contributed by atoms with Gasteiger partial charge >= 0.3 is 0 Å². The third-order valence-electron chi connectivity index (χ3n) is 4.22. The minimum absolute atomic E-state index is 0.114. The highest BCUT2D eigenvalue weighted by Gasteiger charge is 2.06. The number of benzene rings is 2. The number of pyridine rings is 1. The third kappa shape index (κ3) is 6.07. The molecular weight excluding hydrogens is 380 g/mol. The van der Waals surface area contributed by atoms with Crippen molar-refractivity contribution in [2.24, 2.45) is 10.9 Å². The number of oxime groups is 1. The highest BCUT2D eigenvalue weighted by Crippen LogP contribution is 2.19. The van der Waals surface area contributed by atoms with E-state index in [0.717, 1.165) is 0 Å². The average molecular weight is 404 g/mol. The van der Waals surface area contributed by atoms with Crippen LogP contribution in [-0.2, 0) is 9.63 Å². The van der Waals surface area contributed by atoms with Crippen LogP contribution in [0.4, 0.5) is 5.69 Å². The van der Waals surface area contributed by atoms with Crippen molar-refractivity contribution in [3.8, 4) is 11.6 Å². The second kappa shape index (κ2) is 10.1. The number of nitrogens with two attached hydrogens (primary N) is 1. The summed E-state index contributed by atoms with van der Waals surface area (Å²) in [4.78, 5) is 21.3. The minimum Gasteiger partial charge on any atom is -0.439 e. The van der Waals surface area contributed by atoms with E-state index in [9.17, 15) is 4.79 Å². The molecule has 30 heavy (non-hydrogen) atoms. The fourth-order valence-corrected chi connectivity index (χ4v) is 2.56. The van der Waals surface area contributed by atoms with Crippen molar-refractivity contribution in [2.45, 2.75) is 19.8 Å². The lowest BCUT2D eigenvalue weighted by Gasteiger charge is -2.08. The van der Waals surface area contributed by atoms with Crippen LogP contribution < -0.4 is 15.8 Å². The van der Waals surface area contributed by atoms with Gasteiger partial charge in [-0.15, -0.1) is 0 Å². The zero-order valence-corrected chi connectivity index (χ0v) is 16.9. The van der Waals surface area contributed by atoms with Gasteiger partial charge in [0.25, 0.3) is 5.91 Å². The summed E-state index contributed by atoms with van der Waals surface area (Å²) in [5.74, 6) is 1.34. The molecule has 1 amide bonds. The first-order chi connectivity index (χ1) is 14.5. The first-order valence-electron chi connectivity index (χ1n) is 9.56. The third-order valence-corrected chi connectivity index (χ3v) is 4.22. The Bertz CT molecular complexity index is 985. The normalized spacial score (nSPS) is 11.2. The van der Waals surface area contributed by atoms with E-state index >= 15 is 0 Å². The van der Waals surface area contributed by atoms with Crippen LogP contribution in [0.5, 0.6) is 11.6 Å². The van der Waals surface area contributed by atoms with Crippen LogP contribution in [0, 0.1) is 0 Å². The van der Waals surface area contributed by atoms with Gasteiger partial charge in [0.1, 0.15) is 5.75 Å². The first kappa shape index (κ1) is 20.9. The SMILES string of the molecule is CC(C)c1ccc(NC(=O)CO/N=C(/N)c2ccc(Oc3ccccc3)nc2)cc1. The predicted octanol–water partition coefficient (Wildman–Crippen LogP) is 4.27.